The lowest BCUT2D eigenvalue weighted by atomic mass is 9.86. The first-order chi connectivity index (χ1) is 11.2. The van der Waals surface area contributed by atoms with Crippen LogP contribution in [0, 0.1) is 6.92 Å². The van der Waals surface area contributed by atoms with E-state index in [-0.39, 0.29) is 6.61 Å². The summed E-state index contributed by atoms with van der Waals surface area (Å²) in [4.78, 5) is 29.4. The lowest BCUT2D eigenvalue weighted by Gasteiger charge is -2.31. The minimum Gasteiger partial charge on any atom is -0.463 e. The van der Waals surface area contributed by atoms with Crippen LogP contribution in [0.15, 0.2) is 29.3 Å². The number of rotatable bonds is 4. The second-order valence-corrected chi connectivity index (χ2v) is 6.63. The number of nitrogens with zero attached hydrogens (tertiary/aromatic N) is 1. The Morgan fingerprint density at radius 2 is 1.88 bits per heavy atom. The molecule has 6 nitrogen and oxygen atoms in total. The lowest BCUT2D eigenvalue weighted by Crippen LogP contribution is -2.51. The van der Waals surface area contributed by atoms with E-state index in [0.717, 1.165) is 12.0 Å². The third kappa shape index (κ3) is 3.42. The number of carbonyl (C=O) groups excluding carboxylic acids is 2. The first-order valence-electron chi connectivity index (χ1n) is 7.87. The predicted molar refractivity (Wildman–Crippen MR) is 88.7 cm³/mol. The van der Waals surface area contributed by atoms with Gasteiger partial charge in [0.15, 0.2) is 6.40 Å². The molecule has 0 saturated carbocycles. The number of aliphatic imine (C=N–C) groups is 1. The SMILES string of the molecule is CCOC(=O)[C@@]1(c2ccc(C)cc2)OC=N[C@H]1C(=O)OC(C)(C)C. The average molecular weight is 333 g/mol. The molecule has 2 atom stereocenters. The maximum absolute atomic E-state index is 12.7. The van der Waals surface area contributed by atoms with E-state index in [1.807, 2.05) is 19.1 Å². The molecule has 0 spiro atoms. The Labute approximate surface area is 141 Å². The van der Waals surface area contributed by atoms with Crippen molar-refractivity contribution in [3.05, 3.63) is 35.4 Å². The highest BCUT2D eigenvalue weighted by Gasteiger charge is 2.58. The van der Waals surface area contributed by atoms with Gasteiger partial charge in [0.1, 0.15) is 5.60 Å². The van der Waals surface area contributed by atoms with Crippen LogP contribution in [0.4, 0.5) is 0 Å². The topological polar surface area (TPSA) is 74.2 Å². The largest absolute Gasteiger partial charge is 0.463 e. The fourth-order valence-corrected chi connectivity index (χ4v) is 2.47. The Hall–Kier alpha value is -2.37. The highest BCUT2D eigenvalue weighted by Crippen LogP contribution is 2.37. The molecule has 0 saturated heterocycles. The Bertz CT molecular complexity index is 644. The molecule has 0 bridgehead atoms. The van der Waals surface area contributed by atoms with Gasteiger partial charge in [-0.05, 0) is 34.6 Å². The maximum atomic E-state index is 12.7. The van der Waals surface area contributed by atoms with Crippen molar-refractivity contribution >= 4 is 18.3 Å². The van der Waals surface area contributed by atoms with Crippen molar-refractivity contribution in [3.63, 3.8) is 0 Å². The summed E-state index contributed by atoms with van der Waals surface area (Å²) >= 11 is 0. The molecule has 6 heteroatoms. The number of hydrogen-bond donors (Lipinski definition) is 0. The minimum absolute atomic E-state index is 0.164. The summed E-state index contributed by atoms with van der Waals surface area (Å²) in [7, 11) is 0. The van der Waals surface area contributed by atoms with Gasteiger partial charge < -0.3 is 14.2 Å². The van der Waals surface area contributed by atoms with Gasteiger partial charge >= 0.3 is 11.9 Å². The molecule has 0 aliphatic carbocycles. The van der Waals surface area contributed by atoms with Crippen LogP contribution in [0.5, 0.6) is 0 Å². The molecule has 1 aromatic rings. The number of ether oxygens (including phenoxy) is 3. The van der Waals surface area contributed by atoms with Crippen molar-refractivity contribution < 1.29 is 23.8 Å². The molecule has 1 aromatic carbocycles. The van der Waals surface area contributed by atoms with E-state index >= 15 is 0 Å². The Morgan fingerprint density at radius 1 is 1.25 bits per heavy atom. The number of carbonyl (C=O) groups is 2. The average Bonchev–Trinajstić information content (AvgIpc) is 2.92. The van der Waals surface area contributed by atoms with Crippen molar-refractivity contribution in [2.45, 2.75) is 51.9 Å². The zero-order chi connectivity index (χ0) is 18.0. The highest BCUT2D eigenvalue weighted by molar-refractivity contribution is 5.94. The quantitative estimate of drug-likeness (QED) is 0.792. The summed E-state index contributed by atoms with van der Waals surface area (Å²) in [5, 5.41) is 0. The molecular weight excluding hydrogens is 310 g/mol. The molecule has 130 valence electrons. The molecule has 1 aliphatic rings. The molecule has 0 fully saturated rings. The van der Waals surface area contributed by atoms with E-state index in [1.54, 1.807) is 39.8 Å². The van der Waals surface area contributed by atoms with Crippen LogP contribution in [-0.4, -0.2) is 36.6 Å². The van der Waals surface area contributed by atoms with E-state index < -0.39 is 29.2 Å². The van der Waals surface area contributed by atoms with E-state index in [9.17, 15) is 9.59 Å². The van der Waals surface area contributed by atoms with Gasteiger partial charge in [0.2, 0.25) is 6.04 Å². The molecule has 0 aromatic heterocycles. The summed E-state index contributed by atoms with van der Waals surface area (Å²) in [6, 6.07) is 5.99. The van der Waals surface area contributed by atoms with Crippen LogP contribution in [0.3, 0.4) is 0 Å². The standard InChI is InChI=1S/C18H23NO5/c1-6-22-16(21)18(13-9-7-12(2)8-10-13)14(19-11-23-18)15(20)24-17(3,4)5/h7-11,14H,6H2,1-5H3/t14-,18-/m0/s1. The van der Waals surface area contributed by atoms with Crippen molar-refractivity contribution in [1.29, 1.82) is 0 Å². The zero-order valence-corrected chi connectivity index (χ0v) is 14.7. The van der Waals surface area contributed by atoms with Gasteiger partial charge in [-0.25, -0.2) is 14.6 Å². The molecule has 0 unspecified atom stereocenters. The fourth-order valence-electron chi connectivity index (χ4n) is 2.47. The van der Waals surface area contributed by atoms with Crippen molar-refractivity contribution in [1.82, 2.24) is 0 Å². The molecule has 2 rings (SSSR count). The monoisotopic (exact) mass is 333 g/mol. The minimum atomic E-state index is -1.66. The van der Waals surface area contributed by atoms with Crippen molar-refractivity contribution in [3.8, 4) is 0 Å². The second-order valence-electron chi connectivity index (χ2n) is 6.63. The van der Waals surface area contributed by atoms with Gasteiger partial charge in [-0.15, -0.1) is 0 Å². The molecule has 1 heterocycles. The molecule has 0 N–H and O–H groups in total. The highest BCUT2D eigenvalue weighted by atomic mass is 16.6. The summed E-state index contributed by atoms with van der Waals surface area (Å²) in [5.74, 6) is -1.30. The Kier molecular flexibility index (Phi) is 4.96. The van der Waals surface area contributed by atoms with Crippen molar-refractivity contribution in [2.24, 2.45) is 4.99 Å². The van der Waals surface area contributed by atoms with Crippen LogP contribution in [0.1, 0.15) is 38.8 Å². The van der Waals surface area contributed by atoms with E-state index in [4.69, 9.17) is 14.2 Å². The smallest absolute Gasteiger partial charge is 0.358 e. The Morgan fingerprint density at radius 3 is 2.42 bits per heavy atom. The van der Waals surface area contributed by atoms with Crippen molar-refractivity contribution in [2.75, 3.05) is 6.61 Å². The number of benzene rings is 1. The van der Waals surface area contributed by atoms with Crippen LogP contribution in [-0.2, 0) is 29.4 Å². The number of hydrogen-bond acceptors (Lipinski definition) is 6. The second kappa shape index (κ2) is 6.63. The van der Waals surface area contributed by atoms with Crippen LogP contribution in [0.2, 0.25) is 0 Å². The maximum Gasteiger partial charge on any atom is 0.358 e. The van der Waals surface area contributed by atoms with Crippen LogP contribution >= 0.6 is 0 Å². The fraction of sp³-hybridized carbons (Fsp3) is 0.500. The molecule has 0 radical (unpaired) electrons. The molecule has 0 amide bonds. The predicted octanol–water partition coefficient (Wildman–Crippen LogP) is 2.52. The summed E-state index contributed by atoms with van der Waals surface area (Å²) in [6.07, 6.45) is 1.12. The first kappa shape index (κ1) is 18.0. The van der Waals surface area contributed by atoms with Gasteiger partial charge in [0.05, 0.1) is 6.61 Å². The first-order valence-corrected chi connectivity index (χ1v) is 7.87. The molecule has 24 heavy (non-hydrogen) atoms. The van der Waals surface area contributed by atoms with Gasteiger partial charge in [-0.2, -0.15) is 0 Å². The normalized spacial score (nSPS) is 22.8. The Balaban J connectivity index is 2.47. The van der Waals surface area contributed by atoms with Gasteiger partial charge in [-0.1, -0.05) is 29.8 Å². The molecular formula is C18H23NO5. The van der Waals surface area contributed by atoms with E-state index in [0.29, 0.717) is 5.56 Å². The number of esters is 2. The summed E-state index contributed by atoms with van der Waals surface area (Å²) in [6.45, 7) is 9.04. The van der Waals surface area contributed by atoms with E-state index in [2.05, 4.69) is 4.99 Å². The zero-order valence-electron chi connectivity index (χ0n) is 14.7. The van der Waals surface area contributed by atoms with Gasteiger partial charge in [-0.3, -0.25) is 0 Å². The number of aryl methyl sites for hydroxylation is 1. The van der Waals surface area contributed by atoms with Gasteiger partial charge in [0.25, 0.3) is 5.60 Å². The summed E-state index contributed by atoms with van der Waals surface area (Å²) < 4.78 is 16.1. The van der Waals surface area contributed by atoms with Crippen LogP contribution in [0.25, 0.3) is 0 Å². The third-order valence-corrected chi connectivity index (χ3v) is 3.52. The summed E-state index contributed by atoms with van der Waals surface area (Å²) in [5.41, 5.74) is -0.847. The van der Waals surface area contributed by atoms with Gasteiger partial charge in [0, 0.05) is 5.56 Å². The third-order valence-electron chi connectivity index (χ3n) is 3.52. The molecule has 1 aliphatic heterocycles. The van der Waals surface area contributed by atoms with E-state index in [1.165, 1.54) is 0 Å². The lowest BCUT2D eigenvalue weighted by molar-refractivity contribution is -0.175. The van der Waals surface area contributed by atoms with Crippen LogP contribution < -0.4 is 0 Å².